The summed E-state index contributed by atoms with van der Waals surface area (Å²) >= 11 is 3.24. The number of fused-ring (bicyclic) bond motifs is 3. The molecule has 0 radical (unpaired) electrons. The van der Waals surface area contributed by atoms with E-state index in [1.165, 1.54) is 38.5 Å². The minimum atomic E-state index is -1.20. The Hall–Kier alpha value is -2.88. The summed E-state index contributed by atoms with van der Waals surface area (Å²) in [7, 11) is 0. The average Bonchev–Trinajstić information content (AvgIpc) is 3.33. The number of hydrogen-bond donors (Lipinski definition) is 1. The first kappa shape index (κ1) is 16.6. The molecule has 128 valence electrons. The number of rotatable bonds is 4. The smallest absolute Gasteiger partial charge is 0.346 e. The first-order valence-corrected chi connectivity index (χ1v) is 9.71. The molecule has 3 aromatic heterocycles. The van der Waals surface area contributed by atoms with Crippen LogP contribution in [-0.2, 0) is 11.3 Å². The maximum Gasteiger partial charge on any atom is 0.346 e. The highest BCUT2D eigenvalue weighted by molar-refractivity contribution is 7.26. The summed E-state index contributed by atoms with van der Waals surface area (Å²) < 4.78 is 2.32. The predicted octanol–water partition coefficient (Wildman–Crippen LogP) is 5.60. The highest BCUT2D eigenvalue weighted by atomic mass is 32.1. The predicted molar refractivity (Wildman–Crippen MR) is 108 cm³/mol. The van der Waals surface area contributed by atoms with Gasteiger partial charge in [0.05, 0.1) is 0 Å². The SMILES string of the molecule is CCn1c2ccccc2c2cc(-c3ccc(/C=C(/C#N)C(=O)O)s3)sc21. The zero-order valence-corrected chi connectivity index (χ0v) is 15.5. The van der Waals surface area contributed by atoms with Crippen molar-refractivity contribution >= 4 is 55.8 Å². The van der Waals surface area contributed by atoms with Gasteiger partial charge in [-0.15, -0.1) is 22.7 Å². The third-order valence-electron chi connectivity index (χ3n) is 4.27. The van der Waals surface area contributed by atoms with E-state index in [9.17, 15) is 4.79 Å². The standard InChI is InChI=1S/C20H14N2O2S2/c1-2-22-16-6-4-3-5-14(16)15-10-18(26-19(15)22)17-8-7-13(25-17)9-12(11-21)20(23)24/h3-10H,2H2,1H3,(H,23,24)/b12-9-. The number of aromatic nitrogens is 1. The van der Waals surface area contributed by atoms with Crippen LogP contribution in [0.1, 0.15) is 11.8 Å². The number of aliphatic carboxylic acids is 1. The summed E-state index contributed by atoms with van der Waals surface area (Å²) in [5.41, 5.74) is 0.996. The molecule has 0 fully saturated rings. The van der Waals surface area contributed by atoms with Gasteiger partial charge in [-0.1, -0.05) is 18.2 Å². The Morgan fingerprint density at radius 3 is 2.73 bits per heavy atom. The van der Waals surface area contributed by atoms with Crippen molar-refractivity contribution in [2.45, 2.75) is 13.5 Å². The molecule has 1 aromatic carbocycles. The van der Waals surface area contributed by atoms with Crippen molar-refractivity contribution in [3.63, 3.8) is 0 Å². The van der Waals surface area contributed by atoms with Crippen LogP contribution in [0.5, 0.6) is 0 Å². The summed E-state index contributed by atoms with van der Waals surface area (Å²) in [6.07, 6.45) is 1.42. The fourth-order valence-electron chi connectivity index (χ4n) is 3.10. The number of hydrogen-bond acceptors (Lipinski definition) is 4. The molecule has 4 rings (SSSR count). The topological polar surface area (TPSA) is 66.0 Å². The van der Waals surface area contributed by atoms with Gasteiger partial charge in [0.25, 0.3) is 0 Å². The van der Waals surface area contributed by atoms with Gasteiger partial charge in [-0.3, -0.25) is 0 Å². The van der Waals surface area contributed by atoms with Gasteiger partial charge < -0.3 is 9.67 Å². The number of nitrogens with zero attached hydrogens (tertiary/aromatic N) is 2. The third-order valence-corrected chi connectivity index (χ3v) is 6.65. The van der Waals surface area contributed by atoms with E-state index in [-0.39, 0.29) is 5.57 Å². The molecule has 4 aromatic rings. The first-order chi connectivity index (χ1) is 12.6. The van der Waals surface area contributed by atoms with Crippen LogP contribution in [0, 0.1) is 11.3 Å². The quantitative estimate of drug-likeness (QED) is 0.371. The molecule has 3 heterocycles. The zero-order chi connectivity index (χ0) is 18.3. The van der Waals surface area contributed by atoms with Crippen LogP contribution in [0.2, 0.25) is 0 Å². The number of carboxylic acid groups (broad SMARTS) is 1. The Balaban J connectivity index is 1.81. The van der Waals surface area contributed by atoms with Crippen LogP contribution in [0.25, 0.3) is 36.9 Å². The van der Waals surface area contributed by atoms with Crippen molar-refractivity contribution in [2.75, 3.05) is 0 Å². The summed E-state index contributed by atoms with van der Waals surface area (Å²) in [5, 5.41) is 20.4. The lowest BCUT2D eigenvalue weighted by molar-refractivity contribution is -0.132. The van der Waals surface area contributed by atoms with Crippen LogP contribution in [0.4, 0.5) is 0 Å². The fraction of sp³-hybridized carbons (Fsp3) is 0.100. The number of benzene rings is 1. The Bertz CT molecular complexity index is 1220. The average molecular weight is 378 g/mol. The summed E-state index contributed by atoms with van der Waals surface area (Å²) in [6.45, 7) is 3.06. The molecule has 0 aliphatic rings. The Morgan fingerprint density at radius 2 is 2.00 bits per heavy atom. The maximum absolute atomic E-state index is 11.0. The molecular formula is C20H14N2O2S2. The molecule has 0 unspecified atom stereocenters. The van der Waals surface area contributed by atoms with E-state index in [0.717, 1.165) is 21.2 Å². The third kappa shape index (κ3) is 2.62. The van der Waals surface area contributed by atoms with Crippen molar-refractivity contribution in [1.29, 1.82) is 5.26 Å². The van der Waals surface area contributed by atoms with Crippen molar-refractivity contribution < 1.29 is 9.90 Å². The minimum Gasteiger partial charge on any atom is -0.477 e. The number of thiophene rings is 2. The van der Waals surface area contributed by atoms with Crippen LogP contribution < -0.4 is 0 Å². The second-order valence-electron chi connectivity index (χ2n) is 5.77. The molecule has 0 saturated heterocycles. The number of para-hydroxylation sites is 1. The molecule has 0 aliphatic heterocycles. The van der Waals surface area contributed by atoms with Gasteiger partial charge in [-0.05, 0) is 37.3 Å². The minimum absolute atomic E-state index is 0.252. The van der Waals surface area contributed by atoms with Crippen molar-refractivity contribution in [3.05, 3.63) is 52.9 Å². The van der Waals surface area contributed by atoms with E-state index in [4.69, 9.17) is 10.4 Å². The molecule has 6 heteroatoms. The van der Waals surface area contributed by atoms with Gasteiger partial charge in [0.15, 0.2) is 0 Å². The lowest BCUT2D eigenvalue weighted by Crippen LogP contribution is -1.96. The van der Waals surface area contributed by atoms with E-state index in [1.54, 1.807) is 17.4 Å². The normalized spacial score (nSPS) is 11.9. The lowest BCUT2D eigenvalue weighted by Gasteiger charge is -2.01. The number of carboxylic acids is 1. The molecular weight excluding hydrogens is 364 g/mol. The van der Waals surface area contributed by atoms with Gasteiger partial charge in [-0.2, -0.15) is 5.26 Å². The van der Waals surface area contributed by atoms with Crippen LogP contribution in [0.15, 0.2) is 48.0 Å². The van der Waals surface area contributed by atoms with E-state index in [2.05, 4.69) is 41.8 Å². The second kappa shape index (κ2) is 6.45. The highest BCUT2D eigenvalue weighted by Crippen LogP contribution is 2.41. The molecule has 0 aliphatic carbocycles. The molecule has 0 atom stereocenters. The molecule has 0 amide bonds. The Kier molecular flexibility index (Phi) is 4.11. The van der Waals surface area contributed by atoms with E-state index < -0.39 is 5.97 Å². The summed E-state index contributed by atoms with van der Waals surface area (Å²) in [4.78, 5) is 15.2. The van der Waals surface area contributed by atoms with Crippen LogP contribution in [0.3, 0.4) is 0 Å². The van der Waals surface area contributed by atoms with Gasteiger partial charge in [0, 0.05) is 37.5 Å². The van der Waals surface area contributed by atoms with E-state index >= 15 is 0 Å². The molecule has 0 spiro atoms. The Morgan fingerprint density at radius 1 is 1.19 bits per heavy atom. The van der Waals surface area contributed by atoms with Gasteiger partial charge in [0.1, 0.15) is 16.5 Å². The molecule has 0 bridgehead atoms. The lowest BCUT2D eigenvalue weighted by atomic mass is 10.2. The number of carbonyl (C=O) groups is 1. The van der Waals surface area contributed by atoms with E-state index in [0.29, 0.717) is 0 Å². The van der Waals surface area contributed by atoms with Gasteiger partial charge in [0.2, 0.25) is 0 Å². The summed E-state index contributed by atoms with van der Waals surface area (Å²) in [5.74, 6) is -1.20. The van der Waals surface area contributed by atoms with E-state index in [1.807, 2.05) is 12.1 Å². The molecule has 4 nitrogen and oxygen atoms in total. The van der Waals surface area contributed by atoms with Crippen molar-refractivity contribution in [3.8, 4) is 15.8 Å². The van der Waals surface area contributed by atoms with Crippen molar-refractivity contribution in [2.24, 2.45) is 0 Å². The monoisotopic (exact) mass is 378 g/mol. The first-order valence-electron chi connectivity index (χ1n) is 8.08. The Labute approximate surface area is 157 Å². The largest absolute Gasteiger partial charge is 0.477 e. The number of aryl methyl sites for hydroxylation is 1. The number of nitriles is 1. The molecule has 0 saturated carbocycles. The van der Waals surface area contributed by atoms with Crippen molar-refractivity contribution in [1.82, 2.24) is 4.57 Å². The highest BCUT2D eigenvalue weighted by Gasteiger charge is 2.15. The summed E-state index contributed by atoms with van der Waals surface area (Å²) in [6, 6.07) is 16.2. The molecule has 26 heavy (non-hydrogen) atoms. The van der Waals surface area contributed by atoms with Gasteiger partial charge in [-0.25, -0.2) is 4.79 Å². The second-order valence-corrected chi connectivity index (χ2v) is 7.91. The van der Waals surface area contributed by atoms with Crippen LogP contribution in [-0.4, -0.2) is 15.6 Å². The maximum atomic E-state index is 11.0. The van der Waals surface area contributed by atoms with Gasteiger partial charge >= 0.3 is 5.97 Å². The van der Waals surface area contributed by atoms with Crippen LogP contribution >= 0.6 is 22.7 Å². The fourth-order valence-corrected chi connectivity index (χ4v) is 5.39. The molecule has 1 N–H and O–H groups in total. The zero-order valence-electron chi connectivity index (χ0n) is 13.9.